The summed E-state index contributed by atoms with van der Waals surface area (Å²) in [7, 11) is 3.20. The van der Waals surface area contributed by atoms with Crippen LogP contribution >= 0.6 is 0 Å². The van der Waals surface area contributed by atoms with E-state index in [0.29, 0.717) is 36.0 Å². The van der Waals surface area contributed by atoms with Crippen LogP contribution < -0.4 is 20.1 Å². The molecule has 7 heteroatoms. The second-order valence-corrected chi connectivity index (χ2v) is 6.87. The third kappa shape index (κ3) is 5.61. The van der Waals surface area contributed by atoms with Gasteiger partial charge in [-0.15, -0.1) is 0 Å². The molecule has 140 valence electrons. The number of anilines is 1. The van der Waals surface area contributed by atoms with E-state index in [4.69, 9.17) is 9.47 Å². The van der Waals surface area contributed by atoms with Gasteiger partial charge in [-0.1, -0.05) is 6.07 Å². The molecule has 1 aromatic heterocycles. The van der Waals surface area contributed by atoms with Gasteiger partial charge in [-0.25, -0.2) is 9.97 Å². The van der Waals surface area contributed by atoms with Crippen LogP contribution in [-0.2, 0) is 6.42 Å². The Morgan fingerprint density at radius 3 is 2.31 bits per heavy atom. The topological polar surface area (TPSA) is 85.4 Å². The molecule has 0 unspecified atom stereocenters. The summed E-state index contributed by atoms with van der Waals surface area (Å²) in [6, 6.07) is 5.70. The third-order valence-corrected chi connectivity index (χ3v) is 3.55. The SMILES string of the molecule is COc1ccc(CCNC(=O)c2cnc(NC(C)(C)C)nc2)cc1OC. The molecular formula is C19H26N4O3. The number of nitrogens with zero attached hydrogens (tertiary/aromatic N) is 2. The number of hydrogen-bond acceptors (Lipinski definition) is 6. The number of methoxy groups -OCH3 is 2. The van der Waals surface area contributed by atoms with Crippen molar-refractivity contribution in [2.24, 2.45) is 0 Å². The smallest absolute Gasteiger partial charge is 0.254 e. The number of amides is 1. The molecule has 2 aromatic rings. The van der Waals surface area contributed by atoms with Gasteiger partial charge in [0.15, 0.2) is 11.5 Å². The van der Waals surface area contributed by atoms with Gasteiger partial charge in [0.25, 0.3) is 5.91 Å². The molecule has 1 heterocycles. The van der Waals surface area contributed by atoms with Crippen molar-refractivity contribution >= 4 is 11.9 Å². The minimum Gasteiger partial charge on any atom is -0.493 e. The summed E-state index contributed by atoms with van der Waals surface area (Å²) < 4.78 is 10.5. The molecular weight excluding hydrogens is 332 g/mol. The molecule has 1 aromatic carbocycles. The van der Waals surface area contributed by atoms with Gasteiger partial charge in [0.1, 0.15) is 0 Å². The van der Waals surface area contributed by atoms with E-state index in [-0.39, 0.29) is 11.4 Å². The molecule has 0 radical (unpaired) electrons. The van der Waals surface area contributed by atoms with Gasteiger partial charge in [0.05, 0.1) is 19.8 Å². The zero-order chi connectivity index (χ0) is 19.2. The fourth-order valence-electron chi connectivity index (χ4n) is 2.30. The second kappa shape index (κ2) is 8.51. The van der Waals surface area contributed by atoms with Gasteiger partial charge in [-0.3, -0.25) is 4.79 Å². The van der Waals surface area contributed by atoms with Crippen molar-refractivity contribution in [2.45, 2.75) is 32.7 Å². The van der Waals surface area contributed by atoms with Gasteiger partial charge >= 0.3 is 0 Å². The third-order valence-electron chi connectivity index (χ3n) is 3.55. The Morgan fingerprint density at radius 2 is 1.73 bits per heavy atom. The first kappa shape index (κ1) is 19.5. The summed E-state index contributed by atoms with van der Waals surface area (Å²) in [4.78, 5) is 20.6. The summed E-state index contributed by atoms with van der Waals surface area (Å²) in [5.41, 5.74) is 1.34. The summed E-state index contributed by atoms with van der Waals surface area (Å²) in [6.45, 7) is 6.55. The number of aromatic nitrogens is 2. The van der Waals surface area contributed by atoms with E-state index in [1.54, 1.807) is 14.2 Å². The standard InChI is InChI=1S/C19H26N4O3/c1-19(2,3)23-18-21-11-14(12-22-18)17(24)20-9-8-13-6-7-15(25-4)16(10-13)26-5/h6-7,10-12H,8-9H2,1-5H3,(H,20,24)(H,21,22,23). The molecule has 0 atom stereocenters. The van der Waals surface area contributed by atoms with Crippen molar-refractivity contribution in [3.05, 3.63) is 41.7 Å². The number of ether oxygens (including phenoxy) is 2. The van der Waals surface area contributed by atoms with Crippen LogP contribution in [0.15, 0.2) is 30.6 Å². The minimum absolute atomic E-state index is 0.136. The number of benzene rings is 1. The lowest BCUT2D eigenvalue weighted by molar-refractivity contribution is 0.0953. The van der Waals surface area contributed by atoms with Crippen LogP contribution in [0, 0.1) is 0 Å². The lowest BCUT2D eigenvalue weighted by Crippen LogP contribution is -2.28. The second-order valence-electron chi connectivity index (χ2n) is 6.87. The van der Waals surface area contributed by atoms with E-state index in [2.05, 4.69) is 20.6 Å². The van der Waals surface area contributed by atoms with Gasteiger partial charge in [0, 0.05) is 24.5 Å². The van der Waals surface area contributed by atoms with Crippen molar-refractivity contribution in [3.8, 4) is 11.5 Å². The molecule has 7 nitrogen and oxygen atoms in total. The van der Waals surface area contributed by atoms with Crippen molar-refractivity contribution in [1.82, 2.24) is 15.3 Å². The highest BCUT2D eigenvalue weighted by molar-refractivity contribution is 5.93. The Balaban J connectivity index is 1.89. The Morgan fingerprint density at radius 1 is 1.08 bits per heavy atom. The highest BCUT2D eigenvalue weighted by atomic mass is 16.5. The first-order valence-electron chi connectivity index (χ1n) is 8.41. The van der Waals surface area contributed by atoms with E-state index in [1.807, 2.05) is 39.0 Å². The van der Waals surface area contributed by atoms with E-state index in [1.165, 1.54) is 12.4 Å². The van der Waals surface area contributed by atoms with E-state index in [9.17, 15) is 4.79 Å². The molecule has 0 aliphatic carbocycles. The van der Waals surface area contributed by atoms with Crippen LogP contribution in [0.2, 0.25) is 0 Å². The molecule has 0 spiro atoms. The maximum atomic E-state index is 12.2. The minimum atomic E-state index is -0.201. The molecule has 0 aliphatic rings. The molecule has 0 saturated heterocycles. The summed E-state index contributed by atoms with van der Waals surface area (Å²) in [6.07, 6.45) is 3.72. The molecule has 1 amide bonds. The highest BCUT2D eigenvalue weighted by Gasteiger charge is 2.12. The molecule has 26 heavy (non-hydrogen) atoms. The van der Waals surface area contributed by atoms with E-state index < -0.39 is 0 Å². The van der Waals surface area contributed by atoms with E-state index in [0.717, 1.165) is 5.56 Å². The molecule has 0 fully saturated rings. The number of carbonyl (C=O) groups is 1. The van der Waals surface area contributed by atoms with Crippen LogP contribution in [0.5, 0.6) is 11.5 Å². The lowest BCUT2D eigenvalue weighted by atomic mass is 10.1. The average molecular weight is 358 g/mol. The van der Waals surface area contributed by atoms with Crippen LogP contribution in [0.3, 0.4) is 0 Å². The zero-order valence-corrected chi connectivity index (χ0v) is 15.9. The van der Waals surface area contributed by atoms with Gasteiger partial charge in [-0.05, 0) is 44.9 Å². The average Bonchev–Trinajstić information content (AvgIpc) is 2.60. The van der Waals surface area contributed by atoms with Crippen LogP contribution in [0.4, 0.5) is 5.95 Å². The predicted octanol–water partition coefficient (Wildman–Crippen LogP) is 2.68. The van der Waals surface area contributed by atoms with Crippen LogP contribution in [0.25, 0.3) is 0 Å². The fourth-order valence-corrected chi connectivity index (χ4v) is 2.30. The van der Waals surface area contributed by atoms with Crippen LogP contribution in [0.1, 0.15) is 36.7 Å². The predicted molar refractivity (Wildman–Crippen MR) is 101 cm³/mol. The van der Waals surface area contributed by atoms with Crippen molar-refractivity contribution in [3.63, 3.8) is 0 Å². The number of nitrogens with one attached hydrogen (secondary N) is 2. The summed E-state index contributed by atoms with van der Waals surface area (Å²) >= 11 is 0. The maximum Gasteiger partial charge on any atom is 0.254 e. The van der Waals surface area contributed by atoms with Crippen molar-refractivity contribution in [2.75, 3.05) is 26.1 Å². The molecule has 0 bridgehead atoms. The summed E-state index contributed by atoms with van der Waals surface area (Å²) in [5, 5.41) is 6.03. The van der Waals surface area contributed by atoms with Crippen molar-refractivity contribution in [1.29, 1.82) is 0 Å². The Kier molecular flexibility index (Phi) is 6.38. The highest BCUT2D eigenvalue weighted by Crippen LogP contribution is 2.27. The molecule has 2 rings (SSSR count). The first-order chi connectivity index (χ1) is 12.3. The Labute approximate surface area is 154 Å². The number of rotatable bonds is 7. The fraction of sp³-hybridized carbons (Fsp3) is 0.421. The number of carbonyl (C=O) groups excluding carboxylic acids is 1. The largest absolute Gasteiger partial charge is 0.493 e. The van der Waals surface area contributed by atoms with E-state index >= 15 is 0 Å². The first-order valence-corrected chi connectivity index (χ1v) is 8.41. The molecule has 0 aliphatic heterocycles. The normalized spacial score (nSPS) is 11.0. The van der Waals surface area contributed by atoms with Gasteiger partial charge in [0.2, 0.25) is 5.95 Å². The zero-order valence-electron chi connectivity index (χ0n) is 15.9. The van der Waals surface area contributed by atoms with Crippen LogP contribution in [-0.4, -0.2) is 42.2 Å². The van der Waals surface area contributed by atoms with Crippen molar-refractivity contribution < 1.29 is 14.3 Å². The monoisotopic (exact) mass is 358 g/mol. The quantitative estimate of drug-likeness (QED) is 0.791. The van der Waals surface area contributed by atoms with Gasteiger partial charge in [-0.2, -0.15) is 0 Å². The number of hydrogen-bond donors (Lipinski definition) is 2. The molecule has 2 N–H and O–H groups in total. The Bertz CT molecular complexity index is 739. The Hall–Kier alpha value is -2.83. The van der Waals surface area contributed by atoms with Gasteiger partial charge < -0.3 is 20.1 Å². The lowest BCUT2D eigenvalue weighted by Gasteiger charge is -2.20. The molecule has 0 saturated carbocycles. The maximum absolute atomic E-state index is 12.2. The summed E-state index contributed by atoms with van der Waals surface area (Å²) in [5.74, 6) is 1.65.